The van der Waals surface area contributed by atoms with Gasteiger partial charge in [0.25, 0.3) is 0 Å². The molecule has 1 heterocycles. The summed E-state index contributed by atoms with van der Waals surface area (Å²) in [7, 11) is 1.79. The maximum Gasteiger partial charge on any atom is 0.161 e. The first-order valence-electron chi connectivity index (χ1n) is 9.87. The Morgan fingerprint density at radius 1 is 1.23 bits per heavy atom. The number of hydrogen-bond donors (Lipinski definition) is 1. The van der Waals surface area contributed by atoms with E-state index in [9.17, 15) is 14.4 Å². The highest BCUT2D eigenvalue weighted by Crippen LogP contribution is 2.46. The average molecular weight is 403 g/mol. The Bertz CT molecular complexity index is 1110. The standard InChI is InChI=1S/C24H22FN3O2/c1-28-19-9-5-10-20(29)23(19)22(18(13-26)24(28)27)17-8-2-3-11-21(17)30-14-15-6-4-7-16(25)12-15/h2-4,6-8,11-12,22H,5,9-10,14,27H2,1H3/t22-/m0/s1. The molecule has 30 heavy (non-hydrogen) atoms. The minimum atomic E-state index is -0.572. The van der Waals surface area contributed by atoms with Crippen molar-refractivity contribution in [1.82, 2.24) is 4.90 Å². The molecular weight excluding hydrogens is 381 g/mol. The van der Waals surface area contributed by atoms with E-state index in [0.29, 0.717) is 40.3 Å². The van der Waals surface area contributed by atoms with Crippen molar-refractivity contribution in [2.75, 3.05) is 7.05 Å². The number of carbonyl (C=O) groups is 1. The lowest BCUT2D eigenvalue weighted by molar-refractivity contribution is -0.116. The molecule has 6 heteroatoms. The topological polar surface area (TPSA) is 79.3 Å². The van der Waals surface area contributed by atoms with Crippen LogP contribution in [0.2, 0.25) is 0 Å². The van der Waals surface area contributed by atoms with Gasteiger partial charge in [0.2, 0.25) is 0 Å². The van der Waals surface area contributed by atoms with E-state index >= 15 is 0 Å². The highest BCUT2D eigenvalue weighted by atomic mass is 19.1. The van der Waals surface area contributed by atoms with Crippen LogP contribution in [0.1, 0.15) is 36.3 Å². The number of nitrogens with zero attached hydrogens (tertiary/aromatic N) is 2. The van der Waals surface area contributed by atoms with E-state index < -0.39 is 5.92 Å². The maximum atomic E-state index is 13.5. The highest BCUT2D eigenvalue weighted by Gasteiger charge is 2.39. The Hall–Kier alpha value is -3.59. The van der Waals surface area contributed by atoms with Crippen molar-refractivity contribution in [2.45, 2.75) is 31.8 Å². The first-order chi connectivity index (χ1) is 14.5. The molecule has 0 saturated heterocycles. The number of nitrogens with two attached hydrogens (primary N) is 1. The van der Waals surface area contributed by atoms with Crippen molar-refractivity contribution in [2.24, 2.45) is 5.73 Å². The fourth-order valence-electron chi connectivity index (χ4n) is 4.21. The summed E-state index contributed by atoms with van der Waals surface area (Å²) in [6.45, 7) is 0.169. The molecule has 0 fully saturated rings. The van der Waals surface area contributed by atoms with E-state index in [0.717, 1.165) is 18.5 Å². The zero-order valence-electron chi connectivity index (χ0n) is 16.7. The molecule has 2 aromatic carbocycles. The zero-order chi connectivity index (χ0) is 21.3. The molecule has 1 aliphatic heterocycles. The molecular formula is C24H22FN3O2. The van der Waals surface area contributed by atoms with Gasteiger partial charge in [0, 0.05) is 30.3 Å². The van der Waals surface area contributed by atoms with Gasteiger partial charge in [0.05, 0.1) is 17.6 Å². The first kappa shape index (κ1) is 19.7. The molecule has 2 N–H and O–H groups in total. The number of para-hydroxylation sites is 1. The van der Waals surface area contributed by atoms with Gasteiger partial charge in [-0.05, 0) is 36.6 Å². The summed E-state index contributed by atoms with van der Waals surface area (Å²) < 4.78 is 19.5. The molecule has 0 radical (unpaired) electrons. The summed E-state index contributed by atoms with van der Waals surface area (Å²) >= 11 is 0. The molecule has 2 aromatic rings. The van der Waals surface area contributed by atoms with Gasteiger partial charge in [-0.25, -0.2) is 4.39 Å². The van der Waals surface area contributed by atoms with Crippen LogP contribution >= 0.6 is 0 Å². The Morgan fingerprint density at radius 2 is 2.03 bits per heavy atom. The quantitative estimate of drug-likeness (QED) is 0.830. The number of benzene rings is 2. The van der Waals surface area contributed by atoms with Gasteiger partial charge in [0.15, 0.2) is 5.78 Å². The maximum absolute atomic E-state index is 13.5. The largest absolute Gasteiger partial charge is 0.489 e. The number of halogens is 1. The average Bonchev–Trinajstić information content (AvgIpc) is 2.75. The highest BCUT2D eigenvalue weighted by molar-refractivity contribution is 6.00. The van der Waals surface area contributed by atoms with Gasteiger partial charge in [-0.2, -0.15) is 5.26 Å². The molecule has 152 valence electrons. The number of allylic oxidation sites excluding steroid dienone is 3. The van der Waals surface area contributed by atoms with Crippen LogP contribution in [-0.2, 0) is 11.4 Å². The van der Waals surface area contributed by atoms with Crippen LogP contribution in [0, 0.1) is 17.1 Å². The van der Waals surface area contributed by atoms with Gasteiger partial charge in [0.1, 0.15) is 24.0 Å². The van der Waals surface area contributed by atoms with Crippen molar-refractivity contribution in [1.29, 1.82) is 5.26 Å². The zero-order valence-corrected chi connectivity index (χ0v) is 16.7. The third-order valence-corrected chi connectivity index (χ3v) is 5.68. The summed E-state index contributed by atoms with van der Waals surface area (Å²) in [6.07, 6.45) is 1.95. The minimum Gasteiger partial charge on any atom is -0.489 e. The van der Waals surface area contributed by atoms with Crippen LogP contribution in [0.4, 0.5) is 4.39 Å². The second-order valence-corrected chi connectivity index (χ2v) is 7.50. The Morgan fingerprint density at radius 3 is 2.80 bits per heavy atom. The monoisotopic (exact) mass is 403 g/mol. The summed E-state index contributed by atoms with van der Waals surface area (Å²) in [5.74, 6) is 0.0359. The molecule has 1 atom stereocenters. The number of ketones is 1. The summed E-state index contributed by atoms with van der Waals surface area (Å²) in [5.41, 5.74) is 9.54. The fraction of sp³-hybridized carbons (Fsp3) is 0.250. The Labute approximate surface area is 174 Å². The molecule has 4 rings (SSSR count). The van der Waals surface area contributed by atoms with Crippen LogP contribution in [0.25, 0.3) is 0 Å². The van der Waals surface area contributed by atoms with E-state index in [4.69, 9.17) is 10.5 Å². The number of rotatable bonds is 4. The van der Waals surface area contributed by atoms with E-state index in [-0.39, 0.29) is 18.2 Å². The first-order valence-corrected chi connectivity index (χ1v) is 9.87. The van der Waals surface area contributed by atoms with Crippen LogP contribution in [0.5, 0.6) is 5.75 Å². The minimum absolute atomic E-state index is 0.0354. The normalized spacial score (nSPS) is 18.9. The molecule has 0 unspecified atom stereocenters. The van der Waals surface area contributed by atoms with Crippen molar-refractivity contribution in [3.8, 4) is 11.8 Å². The van der Waals surface area contributed by atoms with Crippen molar-refractivity contribution >= 4 is 5.78 Å². The Balaban J connectivity index is 1.77. The molecule has 0 aromatic heterocycles. The van der Waals surface area contributed by atoms with Crippen LogP contribution < -0.4 is 10.5 Å². The van der Waals surface area contributed by atoms with Gasteiger partial charge < -0.3 is 15.4 Å². The smallest absolute Gasteiger partial charge is 0.161 e. The number of carbonyl (C=O) groups excluding carboxylic acids is 1. The third-order valence-electron chi connectivity index (χ3n) is 5.68. The van der Waals surface area contributed by atoms with Crippen molar-refractivity contribution in [3.05, 3.63) is 88.1 Å². The van der Waals surface area contributed by atoms with E-state index in [2.05, 4.69) is 6.07 Å². The van der Waals surface area contributed by atoms with Crippen molar-refractivity contribution in [3.63, 3.8) is 0 Å². The molecule has 0 bridgehead atoms. The van der Waals surface area contributed by atoms with E-state index in [1.165, 1.54) is 12.1 Å². The fourth-order valence-corrected chi connectivity index (χ4v) is 4.21. The predicted octanol–water partition coefficient (Wildman–Crippen LogP) is 4.13. The Kier molecular flexibility index (Phi) is 5.28. The lowest BCUT2D eigenvalue weighted by atomic mass is 9.75. The second kappa shape index (κ2) is 8.03. The molecule has 0 spiro atoms. The van der Waals surface area contributed by atoms with E-state index in [1.54, 1.807) is 30.1 Å². The van der Waals surface area contributed by atoms with Gasteiger partial charge in [-0.15, -0.1) is 0 Å². The molecule has 5 nitrogen and oxygen atoms in total. The summed E-state index contributed by atoms with van der Waals surface area (Å²) in [6, 6.07) is 15.8. The number of ether oxygens (including phenoxy) is 1. The molecule has 0 amide bonds. The van der Waals surface area contributed by atoms with Crippen LogP contribution in [0.3, 0.4) is 0 Å². The lowest BCUT2D eigenvalue weighted by Crippen LogP contribution is -2.36. The lowest BCUT2D eigenvalue weighted by Gasteiger charge is -2.38. The van der Waals surface area contributed by atoms with Gasteiger partial charge in [-0.1, -0.05) is 30.3 Å². The second-order valence-electron chi connectivity index (χ2n) is 7.50. The molecule has 2 aliphatic rings. The van der Waals surface area contributed by atoms with Crippen LogP contribution in [0.15, 0.2) is 71.2 Å². The number of Topliss-reactive ketones (excluding diaryl/α,β-unsaturated/α-hetero) is 1. The number of nitriles is 1. The third kappa shape index (κ3) is 3.43. The number of hydrogen-bond acceptors (Lipinski definition) is 5. The molecule has 0 saturated carbocycles. The van der Waals surface area contributed by atoms with Crippen molar-refractivity contribution < 1.29 is 13.9 Å². The summed E-state index contributed by atoms with van der Waals surface area (Å²) in [4.78, 5) is 14.7. The summed E-state index contributed by atoms with van der Waals surface area (Å²) in [5, 5.41) is 9.89. The SMILES string of the molecule is CN1C(N)=C(C#N)[C@H](c2ccccc2OCc2cccc(F)c2)C2=C1CCCC2=O. The van der Waals surface area contributed by atoms with Gasteiger partial charge >= 0.3 is 0 Å². The van der Waals surface area contributed by atoms with E-state index in [1.807, 2.05) is 18.2 Å². The van der Waals surface area contributed by atoms with Crippen LogP contribution in [-0.4, -0.2) is 17.7 Å². The predicted molar refractivity (Wildman–Crippen MR) is 110 cm³/mol. The molecule has 1 aliphatic carbocycles. The van der Waals surface area contributed by atoms with Gasteiger partial charge in [-0.3, -0.25) is 4.79 Å².